The van der Waals surface area contributed by atoms with E-state index in [0.717, 1.165) is 38.5 Å². The van der Waals surface area contributed by atoms with Crippen LogP contribution in [0.2, 0.25) is 0 Å². The maximum absolute atomic E-state index is 12.5. The third-order valence-corrected chi connectivity index (χ3v) is 6.79. The van der Waals surface area contributed by atoms with E-state index >= 15 is 0 Å². The first-order valence-corrected chi connectivity index (χ1v) is 10.9. The first-order valence-electron chi connectivity index (χ1n) is 10.9. The summed E-state index contributed by atoms with van der Waals surface area (Å²) < 4.78 is 22.0. The zero-order chi connectivity index (χ0) is 22.2. The van der Waals surface area contributed by atoms with Gasteiger partial charge in [0.1, 0.15) is 5.57 Å². The lowest BCUT2D eigenvalue weighted by Crippen LogP contribution is -2.52. The number of esters is 3. The Morgan fingerprint density at radius 2 is 1.32 bits per heavy atom. The molecule has 2 spiro atoms. The minimum Gasteiger partial charge on any atom is -0.574 e. The van der Waals surface area contributed by atoms with E-state index in [4.69, 9.17) is 18.9 Å². The summed E-state index contributed by atoms with van der Waals surface area (Å²) in [7, 11) is 0. The summed E-state index contributed by atoms with van der Waals surface area (Å²) in [5, 5.41) is 12.5. The van der Waals surface area contributed by atoms with E-state index in [1.54, 1.807) is 0 Å². The van der Waals surface area contributed by atoms with Crippen LogP contribution in [-0.2, 0) is 33.3 Å². The van der Waals surface area contributed by atoms with Crippen LogP contribution in [0.5, 0.6) is 0 Å². The summed E-state index contributed by atoms with van der Waals surface area (Å²) >= 11 is 0. The molecule has 3 fully saturated rings. The first-order chi connectivity index (χ1) is 14.8. The second-order valence-corrected chi connectivity index (χ2v) is 8.83. The van der Waals surface area contributed by atoms with Crippen LogP contribution in [0.1, 0.15) is 65.2 Å². The molecule has 2 aliphatic carbocycles. The molecule has 0 bridgehead atoms. The number of ether oxygens (including phenoxy) is 4. The fourth-order valence-electron chi connectivity index (χ4n) is 4.75. The highest BCUT2D eigenvalue weighted by atomic mass is 16.8. The average molecular weight is 431 g/mol. The molecular weight excluding hydrogens is 404 g/mol. The van der Waals surface area contributed by atoms with Gasteiger partial charge in [0.25, 0.3) is 5.79 Å². The molecule has 2 aliphatic heterocycles. The minimum absolute atomic E-state index is 0.0805. The Bertz CT molecular complexity index is 862. The lowest BCUT2D eigenvalue weighted by molar-refractivity contribution is -0.407. The summed E-state index contributed by atoms with van der Waals surface area (Å²) in [5.74, 6) is -5.67. The predicted molar refractivity (Wildman–Crippen MR) is 104 cm³/mol. The molecule has 4 rings (SSSR count). The van der Waals surface area contributed by atoms with Gasteiger partial charge in [-0.2, -0.15) is 0 Å². The molecule has 0 aromatic carbocycles. The molecule has 0 aromatic rings. The van der Waals surface area contributed by atoms with E-state index < -0.39 is 35.4 Å². The molecule has 8 nitrogen and oxygen atoms in total. The van der Waals surface area contributed by atoms with Crippen molar-refractivity contribution in [3.05, 3.63) is 35.3 Å². The Kier molecular flexibility index (Phi) is 5.58. The van der Waals surface area contributed by atoms with Gasteiger partial charge in [0.15, 0.2) is 5.79 Å². The van der Waals surface area contributed by atoms with Gasteiger partial charge in [0.05, 0.1) is 11.5 Å². The summed E-state index contributed by atoms with van der Waals surface area (Å²) in [6, 6.07) is 0. The summed E-state index contributed by atoms with van der Waals surface area (Å²) in [6.45, 7) is 3.79. The van der Waals surface area contributed by atoms with Crippen molar-refractivity contribution in [1.29, 1.82) is 0 Å². The van der Waals surface area contributed by atoms with Crippen molar-refractivity contribution in [3.63, 3.8) is 0 Å². The number of allylic oxidation sites excluding steroid dienone is 2. The number of carbonyl (C=O) groups is 3. The van der Waals surface area contributed by atoms with Crippen LogP contribution in [0.15, 0.2) is 35.3 Å². The van der Waals surface area contributed by atoms with Crippen LogP contribution in [0.3, 0.4) is 0 Å². The van der Waals surface area contributed by atoms with Gasteiger partial charge >= 0.3 is 17.9 Å². The highest BCUT2D eigenvalue weighted by molar-refractivity contribution is 6.15. The fraction of sp³-hybridized carbons (Fsp3) is 0.609. The highest BCUT2D eigenvalue weighted by Gasteiger charge is 2.50. The monoisotopic (exact) mass is 431 g/mol. The Hall–Kier alpha value is -2.77. The molecule has 3 unspecified atom stereocenters. The number of rotatable bonds is 2. The number of carbonyl (C=O) groups excluding carboxylic acids is 3. The SMILES string of the molecule is CC1CCCCC12OC(=O)C(=CC=CC1=C([O-])OC3(CCCCC3C)OC1=O)C(=O)O2. The molecule has 0 aromatic heterocycles. The quantitative estimate of drug-likeness (QED) is 0.373. The lowest BCUT2D eigenvalue weighted by atomic mass is 9.84. The fourth-order valence-corrected chi connectivity index (χ4v) is 4.75. The largest absolute Gasteiger partial charge is 0.574 e. The van der Waals surface area contributed by atoms with Crippen LogP contribution in [0, 0.1) is 11.8 Å². The van der Waals surface area contributed by atoms with Gasteiger partial charge in [-0.3, -0.25) is 0 Å². The van der Waals surface area contributed by atoms with Crippen molar-refractivity contribution in [2.24, 2.45) is 11.8 Å². The van der Waals surface area contributed by atoms with E-state index in [9.17, 15) is 19.5 Å². The normalized spacial score (nSPS) is 36.3. The third kappa shape index (κ3) is 3.83. The minimum atomic E-state index is -1.20. The van der Waals surface area contributed by atoms with Gasteiger partial charge < -0.3 is 24.1 Å². The second kappa shape index (κ2) is 8.05. The van der Waals surface area contributed by atoms with Gasteiger partial charge in [-0.05, 0) is 44.3 Å². The highest BCUT2D eigenvalue weighted by Crippen LogP contribution is 2.42. The molecule has 2 heterocycles. The Labute approximate surface area is 180 Å². The Morgan fingerprint density at radius 3 is 1.84 bits per heavy atom. The molecule has 0 N–H and O–H groups in total. The van der Waals surface area contributed by atoms with Crippen molar-refractivity contribution in [2.45, 2.75) is 76.8 Å². The molecule has 1 saturated heterocycles. The van der Waals surface area contributed by atoms with E-state index in [1.165, 1.54) is 18.2 Å². The topological polar surface area (TPSA) is 111 Å². The van der Waals surface area contributed by atoms with Crippen molar-refractivity contribution >= 4 is 17.9 Å². The van der Waals surface area contributed by atoms with Crippen LogP contribution in [0.25, 0.3) is 0 Å². The molecule has 3 atom stereocenters. The van der Waals surface area contributed by atoms with E-state index in [-0.39, 0.29) is 23.0 Å². The molecular formula is C23H27O8-. The molecule has 168 valence electrons. The standard InChI is InChI=1S/C23H28O8/c1-14-8-3-5-12-22(14)28-18(24)16(19(25)29-22)10-7-11-17-20(26)30-23(31-21(17)27)13-6-4-9-15(23)2/h7,10-11,14-15,24H,3-6,8-9,12-13H2,1-2H3/p-1. The van der Waals surface area contributed by atoms with E-state index in [0.29, 0.717) is 12.8 Å². The van der Waals surface area contributed by atoms with Gasteiger partial charge in [-0.25, -0.2) is 14.4 Å². The Morgan fingerprint density at radius 1 is 0.806 bits per heavy atom. The smallest absolute Gasteiger partial charge is 0.348 e. The second-order valence-electron chi connectivity index (χ2n) is 8.83. The molecule has 0 radical (unpaired) electrons. The average Bonchev–Trinajstić information content (AvgIpc) is 2.71. The van der Waals surface area contributed by atoms with Crippen LogP contribution in [0.4, 0.5) is 0 Å². The molecule has 4 aliphatic rings. The Balaban J connectivity index is 1.49. The number of hydrogen-bond donors (Lipinski definition) is 0. The van der Waals surface area contributed by atoms with Crippen molar-refractivity contribution in [3.8, 4) is 0 Å². The predicted octanol–water partition coefficient (Wildman–Crippen LogP) is 2.53. The zero-order valence-electron chi connectivity index (χ0n) is 17.8. The van der Waals surface area contributed by atoms with E-state index in [1.807, 2.05) is 13.8 Å². The van der Waals surface area contributed by atoms with Crippen molar-refractivity contribution in [1.82, 2.24) is 0 Å². The summed E-state index contributed by atoms with van der Waals surface area (Å²) in [5.41, 5.74) is -0.592. The molecule has 8 heteroatoms. The molecule has 31 heavy (non-hydrogen) atoms. The first kappa shape index (κ1) is 21.5. The maximum atomic E-state index is 12.5. The van der Waals surface area contributed by atoms with Crippen molar-refractivity contribution < 1.29 is 38.4 Å². The van der Waals surface area contributed by atoms with Crippen molar-refractivity contribution in [2.75, 3.05) is 0 Å². The lowest BCUT2D eigenvalue weighted by Gasteiger charge is -2.50. The summed E-state index contributed by atoms with van der Waals surface area (Å²) in [6.07, 6.45) is 9.78. The van der Waals surface area contributed by atoms with Crippen LogP contribution < -0.4 is 5.11 Å². The maximum Gasteiger partial charge on any atom is 0.348 e. The molecule has 0 amide bonds. The third-order valence-electron chi connectivity index (χ3n) is 6.79. The van der Waals surface area contributed by atoms with Gasteiger partial charge in [0, 0.05) is 18.3 Å². The van der Waals surface area contributed by atoms with Gasteiger partial charge in [-0.1, -0.05) is 32.8 Å². The van der Waals surface area contributed by atoms with E-state index in [2.05, 4.69) is 0 Å². The van der Waals surface area contributed by atoms with Gasteiger partial charge in [0.2, 0.25) is 0 Å². The van der Waals surface area contributed by atoms with Crippen LogP contribution in [-0.4, -0.2) is 29.5 Å². The zero-order valence-corrected chi connectivity index (χ0v) is 17.8. The summed E-state index contributed by atoms with van der Waals surface area (Å²) in [4.78, 5) is 37.4. The van der Waals surface area contributed by atoms with Crippen LogP contribution >= 0.6 is 0 Å². The molecule has 2 saturated carbocycles. The number of hydrogen-bond acceptors (Lipinski definition) is 8. The van der Waals surface area contributed by atoms with Gasteiger partial charge in [-0.15, -0.1) is 0 Å².